The van der Waals surface area contributed by atoms with E-state index in [0.29, 0.717) is 12.2 Å². The van der Waals surface area contributed by atoms with E-state index in [1.165, 1.54) is 29.3 Å². The van der Waals surface area contributed by atoms with E-state index < -0.39 is 0 Å². The van der Waals surface area contributed by atoms with Gasteiger partial charge in [0.2, 0.25) is 0 Å². The maximum absolute atomic E-state index is 6.13. The summed E-state index contributed by atoms with van der Waals surface area (Å²) in [5.74, 6) is 0. The number of aromatic nitrogens is 2. The summed E-state index contributed by atoms with van der Waals surface area (Å²) in [6.07, 6.45) is 6.06. The molecule has 0 radical (unpaired) electrons. The maximum Gasteiger partial charge on any atom is 0.0706 e. The van der Waals surface area contributed by atoms with Gasteiger partial charge in [0.05, 0.1) is 23.9 Å². The predicted molar refractivity (Wildman–Crippen MR) is 80.9 cm³/mol. The number of likely N-dealkylation sites (N-methyl/N-ethyl adjacent to an activating group) is 1. The molecule has 3 rings (SSSR count). The normalized spacial score (nSPS) is 23.0. The first kappa shape index (κ1) is 13.6. The van der Waals surface area contributed by atoms with Crippen LogP contribution in [0, 0.1) is 0 Å². The molecule has 108 valence electrons. The average molecular weight is 273 g/mol. The fourth-order valence-electron chi connectivity index (χ4n) is 3.07. The van der Waals surface area contributed by atoms with E-state index in [9.17, 15) is 0 Å². The topological polar surface area (TPSA) is 30.3 Å². The zero-order valence-electron chi connectivity index (χ0n) is 12.5. The Morgan fingerprint density at radius 3 is 2.90 bits per heavy atom. The van der Waals surface area contributed by atoms with Crippen molar-refractivity contribution in [3.05, 3.63) is 30.0 Å². The smallest absolute Gasteiger partial charge is 0.0706 e. The van der Waals surface area contributed by atoms with Gasteiger partial charge in [0.1, 0.15) is 0 Å². The highest BCUT2D eigenvalue weighted by Gasteiger charge is 2.25. The highest BCUT2D eigenvalue weighted by atomic mass is 16.5. The van der Waals surface area contributed by atoms with Crippen molar-refractivity contribution in [2.75, 3.05) is 20.6 Å². The molecule has 2 heterocycles. The SMILES string of the molecule is CN(C)C[C@H]1CC[C@@H](Cc2ccc3c(cnn3C)c2)O1. The Morgan fingerprint density at radius 1 is 1.30 bits per heavy atom. The van der Waals surface area contributed by atoms with Gasteiger partial charge in [0.15, 0.2) is 0 Å². The lowest BCUT2D eigenvalue weighted by molar-refractivity contribution is 0.0317. The molecule has 1 aromatic carbocycles. The van der Waals surface area contributed by atoms with Gasteiger partial charge >= 0.3 is 0 Å². The molecule has 0 aliphatic carbocycles. The molecule has 1 aliphatic rings. The number of aryl methyl sites for hydroxylation is 1. The molecule has 0 amide bonds. The number of benzene rings is 1. The molecule has 0 spiro atoms. The third-order valence-electron chi connectivity index (χ3n) is 4.04. The van der Waals surface area contributed by atoms with Crippen LogP contribution in [0.1, 0.15) is 18.4 Å². The number of hydrogen-bond donors (Lipinski definition) is 0. The van der Waals surface area contributed by atoms with Crippen molar-refractivity contribution >= 4 is 10.9 Å². The Kier molecular flexibility index (Phi) is 3.76. The molecule has 2 atom stereocenters. The summed E-state index contributed by atoms with van der Waals surface area (Å²) in [7, 11) is 6.19. The summed E-state index contributed by atoms with van der Waals surface area (Å²) >= 11 is 0. The second-order valence-electron chi connectivity index (χ2n) is 6.09. The second kappa shape index (κ2) is 5.54. The Morgan fingerprint density at radius 2 is 2.10 bits per heavy atom. The highest BCUT2D eigenvalue weighted by Crippen LogP contribution is 2.24. The van der Waals surface area contributed by atoms with Crippen LogP contribution >= 0.6 is 0 Å². The van der Waals surface area contributed by atoms with Crippen molar-refractivity contribution in [1.29, 1.82) is 0 Å². The number of ether oxygens (including phenoxy) is 1. The van der Waals surface area contributed by atoms with Gasteiger partial charge in [0.25, 0.3) is 0 Å². The number of hydrogen-bond acceptors (Lipinski definition) is 3. The van der Waals surface area contributed by atoms with E-state index in [-0.39, 0.29) is 0 Å². The van der Waals surface area contributed by atoms with Gasteiger partial charge in [-0.3, -0.25) is 4.68 Å². The van der Waals surface area contributed by atoms with Gasteiger partial charge in [-0.05, 0) is 51.1 Å². The fourth-order valence-corrected chi connectivity index (χ4v) is 3.07. The third kappa shape index (κ3) is 2.86. The molecule has 1 aromatic heterocycles. The van der Waals surface area contributed by atoms with Crippen LogP contribution in [0.25, 0.3) is 10.9 Å². The van der Waals surface area contributed by atoms with Gasteiger partial charge in [-0.25, -0.2) is 0 Å². The van der Waals surface area contributed by atoms with E-state index in [1.54, 1.807) is 0 Å². The summed E-state index contributed by atoms with van der Waals surface area (Å²) in [5, 5.41) is 5.51. The average Bonchev–Trinajstić information content (AvgIpc) is 2.97. The predicted octanol–water partition coefficient (Wildman–Crippen LogP) is 2.22. The highest BCUT2D eigenvalue weighted by molar-refractivity contribution is 5.79. The molecule has 2 aromatic rings. The van der Waals surface area contributed by atoms with Gasteiger partial charge < -0.3 is 9.64 Å². The van der Waals surface area contributed by atoms with Crippen LogP contribution in [0.2, 0.25) is 0 Å². The lowest BCUT2D eigenvalue weighted by Gasteiger charge is -2.17. The fraction of sp³-hybridized carbons (Fsp3) is 0.562. The molecule has 1 fully saturated rings. The Balaban J connectivity index is 1.65. The third-order valence-corrected chi connectivity index (χ3v) is 4.04. The molecular weight excluding hydrogens is 250 g/mol. The maximum atomic E-state index is 6.13. The second-order valence-corrected chi connectivity index (χ2v) is 6.09. The van der Waals surface area contributed by atoms with Crippen LogP contribution < -0.4 is 0 Å². The van der Waals surface area contributed by atoms with Crippen LogP contribution in [0.15, 0.2) is 24.4 Å². The Bertz CT molecular complexity index is 590. The first-order valence-corrected chi connectivity index (χ1v) is 7.32. The minimum atomic E-state index is 0.370. The van der Waals surface area contributed by atoms with Crippen molar-refractivity contribution in [1.82, 2.24) is 14.7 Å². The molecule has 4 nitrogen and oxygen atoms in total. The summed E-state index contributed by atoms with van der Waals surface area (Å²) in [6, 6.07) is 6.60. The van der Waals surface area contributed by atoms with Crippen LogP contribution in [0.4, 0.5) is 0 Å². The number of rotatable bonds is 4. The van der Waals surface area contributed by atoms with E-state index >= 15 is 0 Å². The quantitative estimate of drug-likeness (QED) is 0.855. The van der Waals surface area contributed by atoms with Gasteiger partial charge in [0, 0.05) is 19.0 Å². The van der Waals surface area contributed by atoms with E-state index in [0.717, 1.165) is 13.0 Å². The zero-order chi connectivity index (χ0) is 14.1. The lowest BCUT2D eigenvalue weighted by atomic mass is 10.0. The molecule has 0 unspecified atom stereocenters. The molecule has 0 saturated carbocycles. The summed E-state index contributed by atoms with van der Waals surface area (Å²) < 4.78 is 8.05. The number of nitrogens with zero attached hydrogens (tertiary/aromatic N) is 3. The van der Waals surface area contributed by atoms with Crippen LogP contribution in [0.3, 0.4) is 0 Å². The zero-order valence-corrected chi connectivity index (χ0v) is 12.5. The largest absolute Gasteiger partial charge is 0.373 e. The van der Waals surface area contributed by atoms with Crippen LogP contribution in [0.5, 0.6) is 0 Å². The van der Waals surface area contributed by atoms with E-state index in [4.69, 9.17) is 4.74 Å². The molecule has 0 bridgehead atoms. The van der Waals surface area contributed by atoms with E-state index in [2.05, 4.69) is 42.3 Å². The molecule has 4 heteroatoms. The van der Waals surface area contributed by atoms with Crippen LogP contribution in [-0.4, -0.2) is 47.5 Å². The lowest BCUT2D eigenvalue weighted by Crippen LogP contribution is -2.26. The van der Waals surface area contributed by atoms with Crippen molar-refractivity contribution in [2.45, 2.75) is 31.5 Å². The minimum absolute atomic E-state index is 0.370. The monoisotopic (exact) mass is 273 g/mol. The molecule has 20 heavy (non-hydrogen) atoms. The van der Waals surface area contributed by atoms with Crippen molar-refractivity contribution in [2.24, 2.45) is 7.05 Å². The standard InChI is InChI=1S/C16H23N3O/c1-18(2)11-15-6-5-14(20-15)9-12-4-7-16-13(8-12)10-17-19(16)3/h4,7-8,10,14-15H,5-6,9,11H2,1-3H3/t14-,15+/m0/s1. The van der Waals surface area contributed by atoms with Crippen LogP contribution in [-0.2, 0) is 18.2 Å². The first-order valence-electron chi connectivity index (χ1n) is 7.32. The number of fused-ring (bicyclic) bond motifs is 1. The molecule has 1 saturated heterocycles. The molecule has 0 N–H and O–H groups in total. The first-order chi connectivity index (χ1) is 9.61. The van der Waals surface area contributed by atoms with Crippen molar-refractivity contribution < 1.29 is 4.74 Å². The molecular formula is C16H23N3O. The van der Waals surface area contributed by atoms with Gasteiger partial charge in [-0.15, -0.1) is 0 Å². The van der Waals surface area contributed by atoms with Crippen molar-refractivity contribution in [3.63, 3.8) is 0 Å². The molecule has 1 aliphatic heterocycles. The Labute approximate surface area is 120 Å². The van der Waals surface area contributed by atoms with Crippen molar-refractivity contribution in [3.8, 4) is 0 Å². The summed E-state index contributed by atoms with van der Waals surface area (Å²) in [4.78, 5) is 2.20. The van der Waals surface area contributed by atoms with Gasteiger partial charge in [-0.1, -0.05) is 6.07 Å². The summed E-state index contributed by atoms with van der Waals surface area (Å²) in [6.45, 7) is 1.03. The van der Waals surface area contributed by atoms with Gasteiger partial charge in [-0.2, -0.15) is 5.10 Å². The minimum Gasteiger partial charge on any atom is -0.373 e. The summed E-state index contributed by atoms with van der Waals surface area (Å²) in [5.41, 5.74) is 2.53. The van der Waals surface area contributed by atoms with E-state index in [1.807, 2.05) is 17.9 Å². The Hall–Kier alpha value is -1.39.